The number of imidazole rings is 1. The predicted octanol–water partition coefficient (Wildman–Crippen LogP) is 2.89. The zero-order valence-corrected chi connectivity index (χ0v) is 20.2. The van der Waals surface area contributed by atoms with E-state index in [-0.39, 0.29) is 46.7 Å². The number of nitrogens with one attached hydrogen (secondary N) is 2. The van der Waals surface area contributed by atoms with E-state index in [0.717, 1.165) is 26.9 Å². The van der Waals surface area contributed by atoms with Crippen LogP contribution in [0.25, 0.3) is 43.5 Å². The largest absolute Gasteiger partial charge is 0.394 e. The summed E-state index contributed by atoms with van der Waals surface area (Å²) in [4.78, 5) is 35.2. The summed E-state index contributed by atoms with van der Waals surface area (Å²) in [5.41, 5.74) is 6.10. The highest BCUT2D eigenvalue weighted by molar-refractivity contribution is 6.26. The molecule has 0 amide bonds. The van der Waals surface area contributed by atoms with Crippen LogP contribution in [-0.4, -0.2) is 53.5 Å². The molecule has 0 saturated carbocycles. The fourth-order valence-corrected chi connectivity index (χ4v) is 5.57. The van der Waals surface area contributed by atoms with Gasteiger partial charge in [-0.1, -0.05) is 24.3 Å². The van der Waals surface area contributed by atoms with E-state index >= 15 is 0 Å². The van der Waals surface area contributed by atoms with Gasteiger partial charge in [-0.15, -0.1) is 0 Å². The van der Waals surface area contributed by atoms with Gasteiger partial charge >= 0.3 is 0 Å². The Morgan fingerprint density at radius 2 is 1.79 bits per heavy atom. The summed E-state index contributed by atoms with van der Waals surface area (Å²) in [6, 6.07) is 14.4. The fourth-order valence-electron chi connectivity index (χ4n) is 5.57. The molecule has 13 heteroatoms. The van der Waals surface area contributed by atoms with Crippen molar-refractivity contribution in [3.8, 4) is 0 Å². The van der Waals surface area contributed by atoms with Crippen molar-refractivity contribution in [3.63, 3.8) is 0 Å². The Morgan fingerprint density at radius 3 is 2.51 bits per heavy atom. The van der Waals surface area contributed by atoms with Gasteiger partial charge in [-0.3, -0.25) is 24.5 Å². The Bertz CT molecular complexity index is 2000. The van der Waals surface area contributed by atoms with Crippen molar-refractivity contribution < 1.29 is 19.9 Å². The molecule has 6 N–H and O–H groups in total. The van der Waals surface area contributed by atoms with E-state index in [9.17, 15) is 25.1 Å². The number of hydrogen-bond donors (Lipinski definition) is 5. The molecule has 0 radical (unpaired) electrons. The second-order valence-electron chi connectivity index (χ2n) is 9.55. The van der Waals surface area contributed by atoms with Gasteiger partial charge in [-0.25, -0.2) is 4.98 Å². The van der Waals surface area contributed by atoms with E-state index in [2.05, 4.69) is 20.3 Å². The van der Waals surface area contributed by atoms with Crippen LogP contribution in [0.3, 0.4) is 0 Å². The van der Waals surface area contributed by atoms with E-state index in [1.54, 1.807) is 16.7 Å². The molecular weight excluding hydrogens is 506 g/mol. The SMILES string of the molecule is Nc1nc2c(nc(Nc3ccc4ccc5c([N+](=O)[O-])ccc6ccc3c4c65)n2C2CC(O)C(CO)O2)c(=O)[nH]1. The molecule has 0 spiro atoms. The van der Waals surface area contributed by atoms with Crippen molar-refractivity contribution in [2.45, 2.75) is 24.9 Å². The molecular formula is C26H21N7O6. The molecule has 2 aromatic heterocycles. The first kappa shape index (κ1) is 23.3. The Morgan fingerprint density at radius 1 is 1.10 bits per heavy atom. The maximum atomic E-state index is 12.7. The Labute approximate surface area is 217 Å². The first-order valence-corrected chi connectivity index (χ1v) is 12.2. The number of nitrogens with zero attached hydrogens (tertiary/aromatic N) is 4. The third kappa shape index (κ3) is 3.41. The van der Waals surface area contributed by atoms with Crippen molar-refractivity contribution in [2.75, 3.05) is 17.7 Å². The van der Waals surface area contributed by atoms with E-state index in [1.165, 1.54) is 6.07 Å². The lowest BCUT2D eigenvalue weighted by molar-refractivity contribution is -0.383. The summed E-state index contributed by atoms with van der Waals surface area (Å²) in [5, 5.41) is 39.7. The summed E-state index contributed by atoms with van der Waals surface area (Å²) in [6.07, 6.45) is -2.41. The smallest absolute Gasteiger partial charge is 0.280 e. The van der Waals surface area contributed by atoms with Gasteiger partial charge in [0.15, 0.2) is 11.2 Å². The lowest BCUT2D eigenvalue weighted by atomic mass is 9.93. The molecule has 1 aliphatic rings. The zero-order valence-electron chi connectivity index (χ0n) is 20.2. The molecule has 6 aromatic rings. The second-order valence-corrected chi connectivity index (χ2v) is 9.55. The molecule has 7 rings (SSSR count). The van der Waals surface area contributed by atoms with Crippen molar-refractivity contribution >= 4 is 66.8 Å². The van der Waals surface area contributed by atoms with Crippen LogP contribution in [0.4, 0.5) is 23.3 Å². The van der Waals surface area contributed by atoms with E-state index in [1.807, 2.05) is 30.3 Å². The number of aromatic amines is 1. The van der Waals surface area contributed by atoms with Crippen molar-refractivity contribution in [1.29, 1.82) is 0 Å². The number of nitrogens with two attached hydrogens (primary N) is 1. The van der Waals surface area contributed by atoms with Crippen LogP contribution >= 0.6 is 0 Å². The van der Waals surface area contributed by atoms with Crippen LogP contribution in [0.1, 0.15) is 12.6 Å². The summed E-state index contributed by atoms with van der Waals surface area (Å²) in [7, 11) is 0. The van der Waals surface area contributed by atoms with Crippen LogP contribution < -0.4 is 16.6 Å². The van der Waals surface area contributed by atoms with Crippen molar-refractivity contribution in [2.24, 2.45) is 0 Å². The highest BCUT2D eigenvalue weighted by Crippen LogP contribution is 2.42. The number of H-pyrrole nitrogens is 1. The highest BCUT2D eigenvalue weighted by atomic mass is 16.6. The number of hydrogen-bond acceptors (Lipinski definition) is 10. The number of benzene rings is 4. The summed E-state index contributed by atoms with van der Waals surface area (Å²) in [6.45, 7) is -0.385. The highest BCUT2D eigenvalue weighted by Gasteiger charge is 2.37. The quantitative estimate of drug-likeness (QED) is 0.126. The van der Waals surface area contributed by atoms with Gasteiger partial charge in [0.25, 0.3) is 11.2 Å². The van der Waals surface area contributed by atoms with Crippen LogP contribution in [-0.2, 0) is 4.74 Å². The molecule has 1 saturated heterocycles. The molecule has 13 nitrogen and oxygen atoms in total. The number of rotatable bonds is 5. The van der Waals surface area contributed by atoms with Gasteiger partial charge in [0.2, 0.25) is 11.9 Å². The second kappa shape index (κ2) is 8.33. The van der Waals surface area contributed by atoms with Gasteiger partial charge in [0.05, 0.1) is 23.0 Å². The molecule has 3 atom stereocenters. The van der Waals surface area contributed by atoms with Crippen LogP contribution in [0, 0.1) is 10.1 Å². The predicted molar refractivity (Wildman–Crippen MR) is 144 cm³/mol. The van der Waals surface area contributed by atoms with Gasteiger partial charge < -0.3 is 26.0 Å². The number of nitro groups is 1. The number of nitrogen functional groups attached to an aromatic ring is 1. The number of ether oxygens (including phenoxy) is 1. The van der Waals surface area contributed by atoms with Gasteiger partial charge in [0.1, 0.15) is 12.3 Å². The minimum atomic E-state index is -0.935. The number of fused-ring (bicyclic) bond motifs is 1. The minimum absolute atomic E-state index is 0.0191. The van der Waals surface area contributed by atoms with Crippen LogP contribution in [0.15, 0.2) is 53.3 Å². The average molecular weight is 527 g/mol. The van der Waals surface area contributed by atoms with Crippen molar-refractivity contribution in [3.05, 3.63) is 69.0 Å². The topological polar surface area (TPSA) is 194 Å². The van der Waals surface area contributed by atoms with Gasteiger partial charge in [-0.2, -0.15) is 4.98 Å². The molecule has 196 valence electrons. The lowest BCUT2D eigenvalue weighted by Crippen LogP contribution is -2.24. The Hall–Kier alpha value is -4.85. The molecule has 39 heavy (non-hydrogen) atoms. The minimum Gasteiger partial charge on any atom is -0.394 e. The summed E-state index contributed by atoms with van der Waals surface area (Å²) >= 11 is 0. The number of non-ortho nitro benzene ring substituents is 1. The monoisotopic (exact) mass is 527 g/mol. The molecule has 3 unspecified atom stereocenters. The lowest BCUT2D eigenvalue weighted by Gasteiger charge is -2.19. The third-order valence-electron chi connectivity index (χ3n) is 7.33. The third-order valence-corrected chi connectivity index (χ3v) is 7.33. The molecule has 1 fully saturated rings. The first-order valence-electron chi connectivity index (χ1n) is 12.2. The standard InChI is InChI=1S/C26H21N7O6/c27-25-30-23-22(24(36)31-25)29-26(32(23)19-9-17(35)18(10-34)39-19)28-15-7-3-11-2-6-14-16(33(37)38)8-4-12-1-5-13(15)20(11)21(12)14/h1-8,17-19,34-35H,9-10H2,(H,28,29)(H3,27,30,31,36). The van der Waals surface area contributed by atoms with E-state index in [0.29, 0.717) is 11.1 Å². The molecule has 3 heterocycles. The zero-order chi connectivity index (χ0) is 27.0. The van der Waals surface area contributed by atoms with E-state index in [4.69, 9.17) is 10.5 Å². The number of aliphatic hydroxyl groups excluding tert-OH is 2. The van der Waals surface area contributed by atoms with E-state index < -0.39 is 24.0 Å². The average Bonchev–Trinajstić information content (AvgIpc) is 3.47. The van der Waals surface area contributed by atoms with Crippen LogP contribution in [0.2, 0.25) is 0 Å². The Kier molecular flexibility index (Phi) is 4.97. The molecule has 0 aliphatic carbocycles. The normalized spacial score (nSPS) is 19.6. The van der Waals surface area contributed by atoms with Crippen LogP contribution in [0.5, 0.6) is 0 Å². The number of aromatic nitrogens is 4. The maximum absolute atomic E-state index is 12.7. The van der Waals surface area contributed by atoms with Gasteiger partial charge in [-0.05, 0) is 34.4 Å². The summed E-state index contributed by atoms with van der Waals surface area (Å²) in [5.74, 6) is 0.104. The number of aliphatic hydroxyl groups is 2. The Balaban J connectivity index is 1.44. The first-order chi connectivity index (χ1) is 18.8. The number of anilines is 3. The summed E-state index contributed by atoms with van der Waals surface area (Å²) < 4.78 is 7.42. The van der Waals surface area contributed by atoms with Crippen molar-refractivity contribution in [1.82, 2.24) is 19.5 Å². The number of nitro benzene ring substituents is 1. The fraction of sp³-hybridized carbons (Fsp3) is 0.192. The molecule has 4 aromatic carbocycles. The molecule has 1 aliphatic heterocycles. The molecule has 0 bridgehead atoms. The maximum Gasteiger partial charge on any atom is 0.280 e. The van der Waals surface area contributed by atoms with Gasteiger partial charge in [0, 0.05) is 28.9 Å².